The van der Waals surface area contributed by atoms with Crippen molar-refractivity contribution in [2.45, 2.75) is 25.1 Å². The number of alkyl halides is 3. The molecule has 0 saturated heterocycles. The second-order valence-electron chi connectivity index (χ2n) is 5.66. The normalized spacial score (nSPS) is 14.3. The second-order valence-corrected chi connectivity index (χ2v) is 6.07. The number of rotatable bonds is 2. The highest BCUT2D eigenvalue weighted by atomic mass is 35.5. The lowest BCUT2D eigenvalue weighted by Crippen LogP contribution is -2.38. The Kier molecular flexibility index (Phi) is 4.41. The molecule has 3 nitrogen and oxygen atoms in total. The number of halogens is 4. The van der Waals surface area contributed by atoms with Crippen molar-refractivity contribution in [1.29, 1.82) is 0 Å². The first-order valence-electron chi connectivity index (χ1n) is 7.34. The zero-order valence-electron chi connectivity index (χ0n) is 12.5. The molecule has 0 saturated carbocycles. The Morgan fingerprint density at radius 1 is 1.08 bits per heavy atom. The first-order valence-corrected chi connectivity index (χ1v) is 7.72. The number of carbonyl (C=O) groups excluding carboxylic acids is 1. The van der Waals surface area contributed by atoms with Gasteiger partial charge in [0.15, 0.2) is 0 Å². The molecule has 0 atom stereocenters. The van der Waals surface area contributed by atoms with E-state index in [0.29, 0.717) is 12.8 Å². The Morgan fingerprint density at radius 2 is 1.71 bits per heavy atom. The highest BCUT2D eigenvalue weighted by molar-refractivity contribution is 6.33. The van der Waals surface area contributed by atoms with Crippen molar-refractivity contribution < 1.29 is 18.0 Å². The van der Waals surface area contributed by atoms with Crippen molar-refractivity contribution in [3.05, 3.63) is 64.2 Å². The fraction of sp³-hybridized carbons (Fsp3) is 0.235. The van der Waals surface area contributed by atoms with E-state index >= 15 is 0 Å². The Morgan fingerprint density at radius 3 is 2.29 bits per heavy atom. The van der Waals surface area contributed by atoms with Crippen molar-refractivity contribution in [3.8, 4) is 0 Å². The molecule has 0 heterocycles. The minimum atomic E-state index is -4.50. The zero-order chi connectivity index (χ0) is 17.3. The number of fused-ring (bicyclic) bond motifs is 1. The second kappa shape index (κ2) is 6.36. The van der Waals surface area contributed by atoms with Crippen LogP contribution < -0.4 is 10.6 Å². The molecule has 0 unspecified atom stereocenters. The van der Waals surface area contributed by atoms with Gasteiger partial charge in [0.05, 0.1) is 16.3 Å². The van der Waals surface area contributed by atoms with Gasteiger partial charge in [-0.15, -0.1) is 0 Å². The van der Waals surface area contributed by atoms with Crippen molar-refractivity contribution in [1.82, 2.24) is 5.32 Å². The van der Waals surface area contributed by atoms with E-state index in [0.717, 1.165) is 18.2 Å². The fourth-order valence-corrected chi connectivity index (χ4v) is 2.97. The number of nitrogens with one attached hydrogen (secondary N) is 2. The van der Waals surface area contributed by atoms with Crippen LogP contribution in [0.2, 0.25) is 5.02 Å². The topological polar surface area (TPSA) is 41.1 Å². The Labute approximate surface area is 141 Å². The molecule has 0 aromatic heterocycles. The summed E-state index contributed by atoms with van der Waals surface area (Å²) in [4.78, 5) is 12.1. The molecule has 7 heteroatoms. The van der Waals surface area contributed by atoms with Crippen LogP contribution in [0.3, 0.4) is 0 Å². The van der Waals surface area contributed by atoms with Crippen LogP contribution in [0.15, 0.2) is 42.5 Å². The summed E-state index contributed by atoms with van der Waals surface area (Å²) in [6, 6.07) is 10.0. The fourth-order valence-electron chi connectivity index (χ4n) is 2.80. The molecule has 0 radical (unpaired) electrons. The average Bonchev–Trinajstić information content (AvgIpc) is 2.90. The van der Waals surface area contributed by atoms with Crippen LogP contribution in [0.1, 0.15) is 16.7 Å². The minimum absolute atomic E-state index is 0.0489. The van der Waals surface area contributed by atoms with E-state index in [1.807, 2.05) is 24.3 Å². The van der Waals surface area contributed by atoms with Crippen LogP contribution in [-0.4, -0.2) is 12.1 Å². The monoisotopic (exact) mass is 354 g/mol. The maximum atomic E-state index is 12.7. The summed E-state index contributed by atoms with van der Waals surface area (Å²) in [7, 11) is 0. The van der Waals surface area contributed by atoms with Gasteiger partial charge < -0.3 is 10.6 Å². The Hall–Kier alpha value is -2.21. The third kappa shape index (κ3) is 3.64. The van der Waals surface area contributed by atoms with E-state index in [1.54, 1.807) is 0 Å². The summed E-state index contributed by atoms with van der Waals surface area (Å²) >= 11 is 5.87. The number of anilines is 1. The molecule has 1 aliphatic carbocycles. The van der Waals surface area contributed by atoms with E-state index in [4.69, 9.17) is 11.6 Å². The minimum Gasteiger partial charge on any atom is -0.334 e. The van der Waals surface area contributed by atoms with Crippen molar-refractivity contribution in [3.63, 3.8) is 0 Å². The molecule has 3 rings (SSSR count). The van der Waals surface area contributed by atoms with Crippen LogP contribution in [0, 0.1) is 0 Å². The van der Waals surface area contributed by atoms with Gasteiger partial charge >= 0.3 is 12.2 Å². The predicted octanol–water partition coefficient (Wildman–Crippen LogP) is 4.65. The summed E-state index contributed by atoms with van der Waals surface area (Å²) in [5, 5.41) is 5.21. The number of carbonyl (C=O) groups is 1. The van der Waals surface area contributed by atoms with Crippen LogP contribution in [-0.2, 0) is 19.0 Å². The van der Waals surface area contributed by atoms with Gasteiger partial charge in [-0.3, -0.25) is 0 Å². The third-order valence-corrected chi connectivity index (χ3v) is 4.26. The summed E-state index contributed by atoms with van der Waals surface area (Å²) in [5.41, 5.74) is 1.40. The maximum Gasteiger partial charge on any atom is 0.416 e. The molecule has 2 N–H and O–H groups in total. The smallest absolute Gasteiger partial charge is 0.334 e. The lowest BCUT2D eigenvalue weighted by molar-refractivity contribution is -0.137. The van der Waals surface area contributed by atoms with Gasteiger partial charge in [-0.05, 0) is 42.2 Å². The van der Waals surface area contributed by atoms with E-state index in [-0.39, 0.29) is 16.8 Å². The largest absolute Gasteiger partial charge is 0.416 e. The van der Waals surface area contributed by atoms with Crippen LogP contribution in [0.4, 0.5) is 23.7 Å². The van der Waals surface area contributed by atoms with Gasteiger partial charge in [0.25, 0.3) is 0 Å². The van der Waals surface area contributed by atoms with Gasteiger partial charge in [0, 0.05) is 6.04 Å². The van der Waals surface area contributed by atoms with Gasteiger partial charge in [-0.1, -0.05) is 35.9 Å². The highest BCUT2D eigenvalue weighted by Crippen LogP contribution is 2.33. The number of benzene rings is 2. The lowest BCUT2D eigenvalue weighted by atomic mass is 10.1. The lowest BCUT2D eigenvalue weighted by Gasteiger charge is -2.15. The number of amides is 2. The van der Waals surface area contributed by atoms with Crippen LogP contribution >= 0.6 is 11.6 Å². The molecule has 0 bridgehead atoms. The number of hydrogen-bond donors (Lipinski definition) is 2. The molecule has 1 aliphatic rings. The van der Waals surface area contributed by atoms with E-state index in [9.17, 15) is 18.0 Å². The van der Waals surface area contributed by atoms with Gasteiger partial charge in [-0.2, -0.15) is 13.2 Å². The summed E-state index contributed by atoms with van der Waals surface area (Å²) in [5.74, 6) is 0. The van der Waals surface area contributed by atoms with E-state index < -0.39 is 17.8 Å². The first-order chi connectivity index (χ1) is 11.3. The zero-order valence-corrected chi connectivity index (χ0v) is 13.2. The molecule has 2 aromatic carbocycles. The van der Waals surface area contributed by atoms with Crippen LogP contribution in [0.5, 0.6) is 0 Å². The molecule has 2 amide bonds. The van der Waals surface area contributed by atoms with Crippen molar-refractivity contribution in [2.24, 2.45) is 0 Å². The van der Waals surface area contributed by atoms with Crippen molar-refractivity contribution >= 4 is 23.3 Å². The molecular formula is C17H14ClF3N2O. The predicted molar refractivity (Wildman–Crippen MR) is 86.2 cm³/mol. The quantitative estimate of drug-likeness (QED) is 0.810. The molecule has 126 valence electrons. The van der Waals surface area contributed by atoms with Gasteiger partial charge in [-0.25, -0.2) is 4.79 Å². The van der Waals surface area contributed by atoms with Crippen LogP contribution in [0.25, 0.3) is 0 Å². The number of urea groups is 1. The number of hydrogen-bond acceptors (Lipinski definition) is 1. The molecule has 24 heavy (non-hydrogen) atoms. The van der Waals surface area contributed by atoms with Crippen molar-refractivity contribution in [2.75, 3.05) is 5.32 Å². The SMILES string of the molecule is O=C(Nc1cc(C(F)(F)F)ccc1Cl)NC1Cc2ccccc2C1. The van der Waals surface area contributed by atoms with Gasteiger partial charge in [0.2, 0.25) is 0 Å². The maximum absolute atomic E-state index is 12.7. The molecule has 0 spiro atoms. The standard InChI is InChI=1S/C17H14ClF3N2O/c18-14-6-5-12(17(19,20)21)9-15(14)23-16(24)22-13-7-10-3-1-2-4-11(10)8-13/h1-6,9,13H,7-8H2,(H2,22,23,24). The summed E-state index contributed by atoms with van der Waals surface area (Å²) in [6.07, 6.45) is -3.11. The van der Waals surface area contributed by atoms with Gasteiger partial charge in [0.1, 0.15) is 0 Å². The molecule has 0 fully saturated rings. The molecule has 0 aliphatic heterocycles. The van der Waals surface area contributed by atoms with E-state index in [1.165, 1.54) is 11.1 Å². The average molecular weight is 355 g/mol. The summed E-state index contributed by atoms with van der Waals surface area (Å²) < 4.78 is 38.2. The summed E-state index contributed by atoms with van der Waals surface area (Å²) in [6.45, 7) is 0. The Balaban J connectivity index is 1.66. The van der Waals surface area contributed by atoms with E-state index in [2.05, 4.69) is 10.6 Å². The third-order valence-electron chi connectivity index (χ3n) is 3.93. The molecule has 2 aromatic rings. The Bertz CT molecular complexity index is 752. The highest BCUT2D eigenvalue weighted by Gasteiger charge is 2.31. The first kappa shape index (κ1) is 16.6. The molecular weight excluding hydrogens is 341 g/mol.